The number of amides is 1. The van der Waals surface area contributed by atoms with Crippen molar-refractivity contribution in [2.24, 2.45) is 0 Å². The third-order valence-corrected chi connectivity index (χ3v) is 6.54. The molecule has 1 amide bonds. The van der Waals surface area contributed by atoms with E-state index in [4.69, 9.17) is 0 Å². The summed E-state index contributed by atoms with van der Waals surface area (Å²) < 4.78 is 3.44. The van der Waals surface area contributed by atoms with Gasteiger partial charge in [0.2, 0.25) is 0 Å². The predicted molar refractivity (Wildman–Crippen MR) is 109 cm³/mol. The summed E-state index contributed by atoms with van der Waals surface area (Å²) in [5.41, 5.74) is 0. The summed E-state index contributed by atoms with van der Waals surface area (Å²) in [4.78, 5) is 15.7. The Balaban J connectivity index is 0.00000180. The molecule has 142 valence electrons. The number of piperidine rings is 1. The maximum atomic E-state index is 12.9. The van der Waals surface area contributed by atoms with Crippen LogP contribution in [0.3, 0.4) is 0 Å². The number of carbonyl (C=O) groups excluding carboxylic acids is 1. The Morgan fingerprint density at radius 3 is 2.78 bits per heavy atom. The third kappa shape index (κ3) is 3.35. The van der Waals surface area contributed by atoms with Gasteiger partial charge in [0.1, 0.15) is 11.6 Å². The lowest BCUT2D eigenvalue weighted by atomic mass is 9.95. The molecule has 0 aliphatic carbocycles. The maximum absolute atomic E-state index is 12.9. The molecule has 0 atom stereocenters. The van der Waals surface area contributed by atoms with Crippen molar-refractivity contribution in [2.45, 2.75) is 31.8 Å². The minimum atomic E-state index is 0. The number of thiophene rings is 1. The number of aromatic nitrogens is 3. The second kappa shape index (κ2) is 7.58. The van der Waals surface area contributed by atoms with Gasteiger partial charge in [-0.3, -0.25) is 4.79 Å². The smallest absolute Gasteiger partial charge is 0.263 e. The second-order valence-electron chi connectivity index (χ2n) is 7.02. The summed E-state index contributed by atoms with van der Waals surface area (Å²) in [5.74, 6) is 2.71. The van der Waals surface area contributed by atoms with E-state index in [9.17, 15) is 4.79 Å². The van der Waals surface area contributed by atoms with Gasteiger partial charge >= 0.3 is 0 Å². The summed E-state index contributed by atoms with van der Waals surface area (Å²) in [5, 5.41) is 13.3. The first-order valence-corrected chi connectivity index (χ1v) is 10.0. The molecule has 0 bridgehead atoms. The Bertz CT molecular complexity index is 927. The highest BCUT2D eigenvalue weighted by Crippen LogP contribution is 2.31. The lowest BCUT2D eigenvalue weighted by Gasteiger charge is -2.31. The first-order chi connectivity index (χ1) is 12.8. The molecule has 3 aromatic rings. The summed E-state index contributed by atoms with van der Waals surface area (Å²) in [6.45, 7) is 4.30. The van der Waals surface area contributed by atoms with E-state index in [0.717, 1.165) is 67.5 Å². The zero-order chi connectivity index (χ0) is 17.5. The Kier molecular flexibility index (Phi) is 5.16. The minimum Gasteiger partial charge on any atom is -0.338 e. The van der Waals surface area contributed by atoms with Gasteiger partial charge in [0.25, 0.3) is 5.91 Å². The number of fused-ring (bicyclic) bond motifs is 2. The van der Waals surface area contributed by atoms with Crippen molar-refractivity contribution in [3.05, 3.63) is 46.9 Å². The van der Waals surface area contributed by atoms with Gasteiger partial charge in [0, 0.05) is 36.8 Å². The van der Waals surface area contributed by atoms with Crippen molar-refractivity contribution in [1.82, 2.24) is 25.0 Å². The lowest BCUT2D eigenvalue weighted by molar-refractivity contribution is 0.0715. The zero-order valence-electron chi connectivity index (χ0n) is 14.9. The van der Waals surface area contributed by atoms with E-state index in [1.807, 2.05) is 23.1 Å². The van der Waals surface area contributed by atoms with Crippen LogP contribution in [-0.4, -0.2) is 45.2 Å². The number of halogens is 1. The molecule has 1 N–H and O–H groups in total. The van der Waals surface area contributed by atoms with E-state index >= 15 is 0 Å². The van der Waals surface area contributed by atoms with Gasteiger partial charge in [-0.1, -0.05) is 18.2 Å². The van der Waals surface area contributed by atoms with Crippen molar-refractivity contribution < 1.29 is 4.79 Å². The summed E-state index contributed by atoms with van der Waals surface area (Å²) in [6.07, 6.45) is 1.92. The van der Waals surface area contributed by atoms with E-state index in [-0.39, 0.29) is 18.3 Å². The highest BCUT2D eigenvalue weighted by atomic mass is 35.5. The first kappa shape index (κ1) is 18.4. The average Bonchev–Trinajstić information content (AvgIpc) is 3.32. The number of likely N-dealkylation sites (tertiary alicyclic amines) is 1. The Morgan fingerprint density at radius 2 is 1.96 bits per heavy atom. The van der Waals surface area contributed by atoms with Crippen molar-refractivity contribution in [1.29, 1.82) is 0 Å². The Morgan fingerprint density at radius 1 is 1.15 bits per heavy atom. The van der Waals surface area contributed by atoms with E-state index < -0.39 is 0 Å². The van der Waals surface area contributed by atoms with Gasteiger partial charge in [-0.05, 0) is 30.4 Å². The fourth-order valence-electron chi connectivity index (χ4n) is 4.00. The van der Waals surface area contributed by atoms with E-state index in [1.54, 1.807) is 11.3 Å². The quantitative estimate of drug-likeness (QED) is 0.714. The van der Waals surface area contributed by atoms with Gasteiger partial charge in [0.05, 0.1) is 11.4 Å². The van der Waals surface area contributed by atoms with Gasteiger partial charge in [0.15, 0.2) is 0 Å². The molecule has 2 aliphatic rings. The van der Waals surface area contributed by atoms with Crippen molar-refractivity contribution >= 4 is 39.7 Å². The standard InChI is InChI=1S/C19H21N5OS.ClH/c25-19(16-11-14-3-1-2-4-15(14)26-16)23-8-5-13(6-9-23)18-22-21-17-12-20-7-10-24(17)18;/h1-4,11,13,20H,5-10,12H2;1H. The van der Waals surface area contributed by atoms with Crippen LogP contribution in [0.25, 0.3) is 10.1 Å². The van der Waals surface area contributed by atoms with E-state index in [1.165, 1.54) is 4.70 Å². The topological polar surface area (TPSA) is 63.1 Å². The van der Waals surface area contributed by atoms with Gasteiger partial charge in [-0.15, -0.1) is 33.9 Å². The number of carbonyl (C=O) groups is 1. The molecule has 0 saturated carbocycles. The average molecular weight is 404 g/mol. The summed E-state index contributed by atoms with van der Waals surface area (Å²) in [6, 6.07) is 10.2. The first-order valence-electron chi connectivity index (χ1n) is 9.20. The molecule has 2 aromatic heterocycles. The molecule has 6 nitrogen and oxygen atoms in total. The summed E-state index contributed by atoms with van der Waals surface area (Å²) in [7, 11) is 0. The van der Waals surface area contributed by atoms with E-state index in [2.05, 4.69) is 32.2 Å². The molecule has 4 heterocycles. The largest absolute Gasteiger partial charge is 0.338 e. The fourth-order valence-corrected chi connectivity index (χ4v) is 5.03. The monoisotopic (exact) mass is 403 g/mol. The molecule has 0 radical (unpaired) electrons. The molecule has 2 aliphatic heterocycles. The number of nitrogens with zero attached hydrogens (tertiary/aromatic N) is 4. The fraction of sp³-hybridized carbons (Fsp3) is 0.421. The van der Waals surface area contributed by atoms with Gasteiger partial charge in [-0.25, -0.2) is 0 Å². The highest BCUT2D eigenvalue weighted by Gasteiger charge is 2.29. The Labute approximate surface area is 168 Å². The number of benzene rings is 1. The number of hydrogen-bond donors (Lipinski definition) is 1. The second-order valence-corrected chi connectivity index (χ2v) is 8.10. The van der Waals surface area contributed by atoms with Crippen molar-refractivity contribution in [3.8, 4) is 0 Å². The summed E-state index contributed by atoms with van der Waals surface area (Å²) >= 11 is 1.59. The lowest BCUT2D eigenvalue weighted by Crippen LogP contribution is -2.38. The van der Waals surface area contributed by atoms with Crippen LogP contribution in [0.2, 0.25) is 0 Å². The molecule has 0 unspecified atom stereocenters. The normalized spacial score (nSPS) is 17.6. The number of nitrogens with one attached hydrogen (secondary N) is 1. The van der Waals surface area contributed by atoms with Crippen LogP contribution in [0, 0.1) is 0 Å². The SMILES string of the molecule is Cl.O=C(c1cc2ccccc2s1)N1CCC(c2nnc3n2CCNC3)CC1. The molecule has 1 aromatic carbocycles. The highest BCUT2D eigenvalue weighted by molar-refractivity contribution is 7.20. The molecule has 0 spiro atoms. The maximum Gasteiger partial charge on any atom is 0.263 e. The van der Waals surface area contributed by atoms with Crippen LogP contribution in [0.1, 0.15) is 40.1 Å². The van der Waals surface area contributed by atoms with Crippen molar-refractivity contribution in [3.63, 3.8) is 0 Å². The van der Waals surface area contributed by atoms with Crippen LogP contribution in [-0.2, 0) is 13.1 Å². The molecular weight excluding hydrogens is 382 g/mol. The molecule has 1 saturated heterocycles. The predicted octanol–water partition coefficient (Wildman–Crippen LogP) is 3.04. The zero-order valence-corrected chi connectivity index (χ0v) is 16.6. The van der Waals surface area contributed by atoms with Crippen molar-refractivity contribution in [2.75, 3.05) is 19.6 Å². The Hall–Kier alpha value is -1.96. The molecule has 8 heteroatoms. The molecule has 5 rings (SSSR count). The molecule has 27 heavy (non-hydrogen) atoms. The minimum absolute atomic E-state index is 0. The molecular formula is C19H22ClN5OS. The number of rotatable bonds is 2. The van der Waals surface area contributed by atoms with Crippen LogP contribution in [0.4, 0.5) is 0 Å². The van der Waals surface area contributed by atoms with Crippen LogP contribution >= 0.6 is 23.7 Å². The number of hydrogen-bond acceptors (Lipinski definition) is 5. The molecule has 1 fully saturated rings. The third-order valence-electron chi connectivity index (χ3n) is 5.43. The van der Waals surface area contributed by atoms with E-state index in [0.29, 0.717) is 5.92 Å². The van der Waals surface area contributed by atoms with Crippen LogP contribution in [0.5, 0.6) is 0 Å². The van der Waals surface area contributed by atoms with Gasteiger partial charge < -0.3 is 14.8 Å². The van der Waals surface area contributed by atoms with Crippen LogP contribution < -0.4 is 5.32 Å². The van der Waals surface area contributed by atoms with Crippen LogP contribution in [0.15, 0.2) is 30.3 Å². The van der Waals surface area contributed by atoms with Gasteiger partial charge in [-0.2, -0.15) is 0 Å².